The lowest BCUT2D eigenvalue weighted by molar-refractivity contribution is -0.140. The maximum absolute atomic E-state index is 13.4. The first-order valence-electron chi connectivity index (χ1n) is 12.8. The van der Waals surface area contributed by atoms with Crippen LogP contribution in [0.5, 0.6) is 0 Å². The smallest absolute Gasteiger partial charge is 0.355 e. The molecule has 2 saturated heterocycles. The Morgan fingerprint density at radius 1 is 1.08 bits per heavy atom. The van der Waals surface area contributed by atoms with Crippen LogP contribution in [0, 0.1) is 13.8 Å². The highest BCUT2D eigenvalue weighted by molar-refractivity contribution is 6.46. The number of aliphatic hydroxyl groups is 1. The fourth-order valence-electron chi connectivity index (χ4n) is 5.10. The number of methoxy groups -OCH3 is 1. The molecule has 0 saturated carbocycles. The molecule has 0 aliphatic carbocycles. The minimum atomic E-state index is -0.905. The lowest BCUT2D eigenvalue weighted by Crippen LogP contribution is -2.42. The second kappa shape index (κ2) is 11.8. The molecular formula is C28H33N3O8. The standard InChI is InChI=1S/C28H33N3O8/c1-5-39-28(36)22-16(2)20(17(3)29-22)24(32)21-23(18-6-8-19(9-7-18)27(35)37-4)31(26(34)25(21)33)11-10-30-12-14-38-15-13-30/h6-9,23,29,32H,5,10-15H2,1-4H3/t23-/m0/s1. The van der Waals surface area contributed by atoms with E-state index in [1.54, 1.807) is 45.0 Å². The number of hydrogen-bond acceptors (Lipinski definition) is 9. The number of aliphatic hydroxyl groups excluding tert-OH is 1. The summed E-state index contributed by atoms with van der Waals surface area (Å²) in [4.78, 5) is 57.7. The monoisotopic (exact) mass is 539 g/mol. The van der Waals surface area contributed by atoms with E-state index < -0.39 is 29.7 Å². The highest BCUT2D eigenvalue weighted by Gasteiger charge is 2.46. The molecule has 2 N–H and O–H groups in total. The summed E-state index contributed by atoms with van der Waals surface area (Å²) in [6, 6.07) is 5.47. The van der Waals surface area contributed by atoms with E-state index in [2.05, 4.69) is 9.88 Å². The number of hydrogen-bond donors (Lipinski definition) is 2. The van der Waals surface area contributed by atoms with Crippen LogP contribution in [0.4, 0.5) is 0 Å². The molecule has 2 aromatic rings. The molecule has 2 fully saturated rings. The zero-order chi connectivity index (χ0) is 28.3. The van der Waals surface area contributed by atoms with Crippen molar-refractivity contribution in [2.45, 2.75) is 26.8 Å². The van der Waals surface area contributed by atoms with E-state index in [9.17, 15) is 24.3 Å². The zero-order valence-corrected chi connectivity index (χ0v) is 22.5. The number of Topliss-reactive ketones (excluding diaryl/α,β-unsaturated/α-hetero) is 1. The van der Waals surface area contributed by atoms with Gasteiger partial charge in [-0.3, -0.25) is 14.5 Å². The molecule has 2 aliphatic rings. The van der Waals surface area contributed by atoms with Crippen molar-refractivity contribution in [2.75, 3.05) is 53.1 Å². The van der Waals surface area contributed by atoms with Gasteiger partial charge in [0.2, 0.25) is 0 Å². The van der Waals surface area contributed by atoms with Crippen molar-refractivity contribution in [1.82, 2.24) is 14.8 Å². The number of amides is 1. The zero-order valence-electron chi connectivity index (χ0n) is 22.5. The van der Waals surface area contributed by atoms with Gasteiger partial charge in [0.15, 0.2) is 0 Å². The fourth-order valence-corrected chi connectivity index (χ4v) is 5.10. The average molecular weight is 540 g/mol. The largest absolute Gasteiger partial charge is 0.507 e. The Bertz CT molecular complexity index is 1300. The predicted molar refractivity (Wildman–Crippen MR) is 140 cm³/mol. The summed E-state index contributed by atoms with van der Waals surface area (Å²) in [6.07, 6.45) is 0. The molecule has 0 radical (unpaired) electrons. The van der Waals surface area contributed by atoms with Crippen LogP contribution < -0.4 is 0 Å². The molecule has 4 rings (SSSR count). The molecule has 208 valence electrons. The van der Waals surface area contributed by atoms with Crippen LogP contribution in [-0.4, -0.2) is 96.6 Å². The van der Waals surface area contributed by atoms with Gasteiger partial charge in [0.05, 0.1) is 44.1 Å². The Balaban J connectivity index is 1.80. The minimum absolute atomic E-state index is 0.0894. The summed E-state index contributed by atoms with van der Waals surface area (Å²) in [7, 11) is 1.28. The molecule has 0 spiro atoms. The third-order valence-corrected chi connectivity index (χ3v) is 7.10. The Labute approximate surface area is 226 Å². The summed E-state index contributed by atoms with van der Waals surface area (Å²) in [5, 5.41) is 11.5. The number of morpholine rings is 1. The molecule has 1 aromatic carbocycles. The van der Waals surface area contributed by atoms with Gasteiger partial charge in [0.25, 0.3) is 11.7 Å². The number of likely N-dealkylation sites (tertiary alicyclic amines) is 1. The van der Waals surface area contributed by atoms with Crippen molar-refractivity contribution in [3.63, 3.8) is 0 Å². The van der Waals surface area contributed by atoms with Gasteiger partial charge in [-0.05, 0) is 44.0 Å². The maximum atomic E-state index is 13.4. The van der Waals surface area contributed by atoms with Crippen LogP contribution in [0.1, 0.15) is 56.2 Å². The number of aromatic nitrogens is 1. The van der Waals surface area contributed by atoms with E-state index >= 15 is 0 Å². The summed E-state index contributed by atoms with van der Waals surface area (Å²) in [5.41, 5.74) is 2.05. The van der Waals surface area contributed by atoms with Gasteiger partial charge in [-0.1, -0.05) is 12.1 Å². The Hall–Kier alpha value is -3.96. The van der Waals surface area contributed by atoms with Crippen LogP contribution in [0.3, 0.4) is 0 Å². The van der Waals surface area contributed by atoms with Crippen LogP contribution in [-0.2, 0) is 23.8 Å². The minimum Gasteiger partial charge on any atom is -0.507 e. The number of ether oxygens (including phenoxy) is 3. The number of esters is 2. The van der Waals surface area contributed by atoms with E-state index in [1.807, 2.05) is 0 Å². The third kappa shape index (κ3) is 5.45. The van der Waals surface area contributed by atoms with E-state index in [0.717, 1.165) is 0 Å². The molecule has 1 aromatic heterocycles. The summed E-state index contributed by atoms with van der Waals surface area (Å²) in [5.74, 6) is -3.05. The van der Waals surface area contributed by atoms with Gasteiger partial charge in [0.1, 0.15) is 11.5 Å². The van der Waals surface area contributed by atoms with Crippen molar-refractivity contribution < 1.29 is 38.5 Å². The number of rotatable bonds is 8. The first-order valence-corrected chi connectivity index (χ1v) is 12.8. The highest BCUT2D eigenvalue weighted by atomic mass is 16.5. The molecule has 2 aliphatic heterocycles. The van der Waals surface area contributed by atoms with E-state index in [1.165, 1.54) is 12.0 Å². The van der Waals surface area contributed by atoms with Crippen LogP contribution >= 0.6 is 0 Å². The van der Waals surface area contributed by atoms with Gasteiger partial charge in [-0.2, -0.15) is 0 Å². The van der Waals surface area contributed by atoms with Gasteiger partial charge >= 0.3 is 11.9 Å². The number of benzene rings is 1. The van der Waals surface area contributed by atoms with Crippen LogP contribution in [0.2, 0.25) is 0 Å². The second-order valence-corrected chi connectivity index (χ2v) is 9.41. The first-order chi connectivity index (χ1) is 18.7. The number of ketones is 1. The van der Waals surface area contributed by atoms with Crippen molar-refractivity contribution in [1.29, 1.82) is 0 Å². The average Bonchev–Trinajstić information content (AvgIpc) is 3.38. The third-order valence-electron chi connectivity index (χ3n) is 7.10. The summed E-state index contributed by atoms with van der Waals surface area (Å²) < 4.78 is 15.3. The van der Waals surface area contributed by atoms with Crippen molar-refractivity contribution in [3.8, 4) is 0 Å². The molecule has 3 heterocycles. The number of aryl methyl sites for hydroxylation is 1. The van der Waals surface area contributed by atoms with Gasteiger partial charge in [-0.15, -0.1) is 0 Å². The number of nitrogens with one attached hydrogen (secondary N) is 1. The highest BCUT2D eigenvalue weighted by Crippen LogP contribution is 2.41. The number of nitrogens with zero attached hydrogens (tertiary/aromatic N) is 2. The van der Waals surface area contributed by atoms with E-state index in [-0.39, 0.29) is 35.7 Å². The molecule has 11 heteroatoms. The van der Waals surface area contributed by atoms with E-state index in [0.29, 0.717) is 55.2 Å². The maximum Gasteiger partial charge on any atom is 0.355 e. The van der Waals surface area contributed by atoms with Crippen LogP contribution in [0.15, 0.2) is 29.8 Å². The number of aromatic amines is 1. The van der Waals surface area contributed by atoms with E-state index in [4.69, 9.17) is 14.2 Å². The quantitative estimate of drug-likeness (QED) is 0.224. The lowest BCUT2D eigenvalue weighted by Gasteiger charge is -2.31. The molecule has 11 nitrogen and oxygen atoms in total. The molecule has 39 heavy (non-hydrogen) atoms. The Kier molecular flexibility index (Phi) is 8.51. The molecule has 0 bridgehead atoms. The summed E-state index contributed by atoms with van der Waals surface area (Å²) >= 11 is 0. The first kappa shape index (κ1) is 28.1. The van der Waals surface area contributed by atoms with Gasteiger partial charge < -0.3 is 29.2 Å². The van der Waals surface area contributed by atoms with Gasteiger partial charge in [-0.25, -0.2) is 9.59 Å². The molecule has 1 atom stereocenters. The van der Waals surface area contributed by atoms with Crippen molar-refractivity contribution >= 4 is 29.4 Å². The lowest BCUT2D eigenvalue weighted by atomic mass is 9.93. The fraction of sp³-hybridized carbons (Fsp3) is 0.429. The number of carbonyl (C=O) groups excluding carboxylic acids is 4. The number of carbonyl (C=O) groups is 4. The van der Waals surface area contributed by atoms with Crippen molar-refractivity contribution in [3.05, 3.63) is 63.5 Å². The molecular weight excluding hydrogens is 506 g/mol. The molecule has 1 amide bonds. The second-order valence-electron chi connectivity index (χ2n) is 9.41. The topological polar surface area (TPSA) is 138 Å². The Morgan fingerprint density at radius 3 is 2.36 bits per heavy atom. The normalized spacial score (nSPS) is 19.4. The van der Waals surface area contributed by atoms with Gasteiger partial charge in [0, 0.05) is 37.4 Å². The molecule has 0 unspecified atom stereocenters. The van der Waals surface area contributed by atoms with Crippen LogP contribution in [0.25, 0.3) is 5.76 Å². The number of H-pyrrole nitrogens is 1. The van der Waals surface area contributed by atoms with Crippen molar-refractivity contribution in [2.24, 2.45) is 0 Å². The Morgan fingerprint density at radius 2 is 1.74 bits per heavy atom. The SMILES string of the molecule is CCOC(=O)c1[nH]c(C)c(C(O)=C2C(=O)C(=O)N(CCN3CCOCC3)[C@H]2c2ccc(C(=O)OC)cc2)c1C. The summed E-state index contributed by atoms with van der Waals surface area (Å²) in [6.45, 7) is 8.52. The predicted octanol–water partition coefficient (Wildman–Crippen LogP) is 2.35.